The summed E-state index contributed by atoms with van der Waals surface area (Å²) in [7, 11) is 1.53. The van der Waals surface area contributed by atoms with E-state index in [1.165, 1.54) is 13.2 Å². The van der Waals surface area contributed by atoms with Crippen LogP contribution in [0, 0.1) is 11.6 Å². The Hall–Kier alpha value is -2.10. The van der Waals surface area contributed by atoms with Gasteiger partial charge in [0.25, 0.3) is 0 Å². The summed E-state index contributed by atoms with van der Waals surface area (Å²) in [5, 5.41) is 0. The number of methoxy groups -OCH3 is 1. The van der Waals surface area contributed by atoms with Crippen LogP contribution in [0.5, 0.6) is 17.2 Å². The van der Waals surface area contributed by atoms with E-state index < -0.39 is 11.6 Å². The first-order chi connectivity index (χ1) is 8.19. The van der Waals surface area contributed by atoms with Crippen molar-refractivity contribution in [2.45, 2.75) is 0 Å². The highest BCUT2D eigenvalue weighted by molar-refractivity contribution is 5.37. The van der Waals surface area contributed by atoms with Crippen LogP contribution in [0.2, 0.25) is 0 Å². The highest BCUT2D eigenvalue weighted by Crippen LogP contribution is 2.27. The summed E-state index contributed by atoms with van der Waals surface area (Å²) in [5.74, 6) is -0.382. The average molecular weight is 236 g/mol. The third kappa shape index (κ3) is 2.72. The maximum Gasteiger partial charge on any atom is 0.168 e. The Morgan fingerprint density at radius 3 is 2.41 bits per heavy atom. The highest BCUT2D eigenvalue weighted by atomic mass is 19.1. The van der Waals surface area contributed by atoms with Gasteiger partial charge in [0, 0.05) is 12.1 Å². The smallest absolute Gasteiger partial charge is 0.168 e. The molecule has 2 nitrogen and oxygen atoms in total. The lowest BCUT2D eigenvalue weighted by Gasteiger charge is -2.07. The second kappa shape index (κ2) is 4.82. The molecule has 0 aliphatic rings. The van der Waals surface area contributed by atoms with Crippen LogP contribution in [0.4, 0.5) is 8.78 Å². The lowest BCUT2D eigenvalue weighted by atomic mass is 10.3. The summed E-state index contributed by atoms with van der Waals surface area (Å²) in [6.07, 6.45) is 0. The third-order valence-corrected chi connectivity index (χ3v) is 2.16. The van der Waals surface area contributed by atoms with Gasteiger partial charge in [0.2, 0.25) is 0 Å². The van der Waals surface area contributed by atoms with Crippen molar-refractivity contribution in [3.63, 3.8) is 0 Å². The van der Waals surface area contributed by atoms with Crippen molar-refractivity contribution in [2.75, 3.05) is 7.11 Å². The topological polar surface area (TPSA) is 18.5 Å². The molecule has 2 aromatic rings. The molecule has 0 saturated heterocycles. The maximum absolute atomic E-state index is 13.3. The summed E-state index contributed by atoms with van der Waals surface area (Å²) in [5.41, 5.74) is 0. The largest absolute Gasteiger partial charge is 0.497 e. The van der Waals surface area contributed by atoms with E-state index in [1.807, 2.05) is 0 Å². The molecular weight excluding hydrogens is 226 g/mol. The molecule has 4 heteroatoms. The Kier molecular flexibility index (Phi) is 3.23. The first kappa shape index (κ1) is 11.4. The maximum atomic E-state index is 13.3. The van der Waals surface area contributed by atoms with Crippen molar-refractivity contribution in [1.82, 2.24) is 0 Å². The summed E-state index contributed by atoms with van der Waals surface area (Å²) in [4.78, 5) is 0. The van der Waals surface area contributed by atoms with E-state index >= 15 is 0 Å². The number of benzene rings is 2. The van der Waals surface area contributed by atoms with Crippen LogP contribution >= 0.6 is 0 Å². The first-order valence-electron chi connectivity index (χ1n) is 4.96. The van der Waals surface area contributed by atoms with Gasteiger partial charge in [-0.1, -0.05) is 6.07 Å². The molecule has 0 heterocycles. The normalized spacial score (nSPS) is 10.1. The molecule has 0 radical (unpaired) electrons. The van der Waals surface area contributed by atoms with Crippen molar-refractivity contribution in [2.24, 2.45) is 0 Å². The summed E-state index contributed by atoms with van der Waals surface area (Å²) >= 11 is 0. The molecule has 0 atom stereocenters. The molecule has 0 bridgehead atoms. The zero-order valence-corrected chi connectivity index (χ0v) is 9.11. The molecular formula is C13H10F2O2. The quantitative estimate of drug-likeness (QED) is 0.807. The Bertz CT molecular complexity index is 527. The van der Waals surface area contributed by atoms with Gasteiger partial charge in [-0.15, -0.1) is 0 Å². The first-order valence-corrected chi connectivity index (χ1v) is 4.96. The second-order valence-corrected chi connectivity index (χ2v) is 3.36. The van der Waals surface area contributed by atoms with E-state index in [-0.39, 0.29) is 5.75 Å². The van der Waals surface area contributed by atoms with Crippen molar-refractivity contribution in [3.05, 3.63) is 54.1 Å². The van der Waals surface area contributed by atoms with Gasteiger partial charge in [-0.3, -0.25) is 0 Å². The number of ether oxygens (including phenoxy) is 2. The van der Waals surface area contributed by atoms with Gasteiger partial charge in [0.1, 0.15) is 17.3 Å². The van der Waals surface area contributed by atoms with E-state index in [0.717, 1.165) is 12.1 Å². The molecule has 0 unspecified atom stereocenters. The number of rotatable bonds is 3. The van der Waals surface area contributed by atoms with Crippen molar-refractivity contribution >= 4 is 0 Å². The minimum atomic E-state index is -0.743. The van der Waals surface area contributed by atoms with Crippen LogP contribution in [0.15, 0.2) is 42.5 Å². The van der Waals surface area contributed by atoms with Crippen molar-refractivity contribution < 1.29 is 18.3 Å². The number of halogens is 2. The van der Waals surface area contributed by atoms with Crippen LogP contribution in [-0.4, -0.2) is 7.11 Å². The number of hydrogen-bond donors (Lipinski definition) is 0. The van der Waals surface area contributed by atoms with Gasteiger partial charge in [0.05, 0.1) is 7.11 Å². The molecule has 0 spiro atoms. The van der Waals surface area contributed by atoms with Crippen LogP contribution < -0.4 is 9.47 Å². The van der Waals surface area contributed by atoms with Gasteiger partial charge in [-0.05, 0) is 24.3 Å². The monoisotopic (exact) mass is 236 g/mol. The third-order valence-electron chi connectivity index (χ3n) is 2.16. The van der Waals surface area contributed by atoms with Gasteiger partial charge in [-0.25, -0.2) is 8.78 Å². The summed E-state index contributed by atoms with van der Waals surface area (Å²) < 4.78 is 36.3. The Labute approximate surface area is 97.4 Å². The Morgan fingerprint density at radius 2 is 1.71 bits per heavy atom. The van der Waals surface area contributed by atoms with Gasteiger partial charge >= 0.3 is 0 Å². The van der Waals surface area contributed by atoms with Crippen LogP contribution in [-0.2, 0) is 0 Å². The Morgan fingerprint density at radius 1 is 0.941 bits per heavy atom. The summed E-state index contributed by atoms with van der Waals surface area (Å²) in [6.45, 7) is 0. The SMILES string of the molecule is COc1cccc(Oc2ccc(F)cc2F)c1. The molecule has 0 N–H and O–H groups in total. The molecule has 0 aromatic heterocycles. The fourth-order valence-electron chi connectivity index (χ4n) is 1.35. The van der Waals surface area contributed by atoms with E-state index in [2.05, 4.69) is 0 Å². The molecule has 0 aliphatic heterocycles. The lowest BCUT2D eigenvalue weighted by molar-refractivity contribution is 0.404. The van der Waals surface area contributed by atoms with Crippen LogP contribution in [0.1, 0.15) is 0 Å². The summed E-state index contributed by atoms with van der Waals surface area (Å²) in [6, 6.07) is 9.88. The van der Waals surface area contributed by atoms with E-state index in [1.54, 1.807) is 24.3 Å². The highest BCUT2D eigenvalue weighted by Gasteiger charge is 2.06. The molecule has 0 saturated carbocycles. The molecule has 0 amide bonds. The zero-order valence-electron chi connectivity index (χ0n) is 9.11. The molecule has 17 heavy (non-hydrogen) atoms. The molecule has 0 fully saturated rings. The van der Waals surface area contributed by atoms with E-state index in [9.17, 15) is 8.78 Å². The van der Waals surface area contributed by atoms with Crippen LogP contribution in [0.3, 0.4) is 0 Å². The van der Waals surface area contributed by atoms with Gasteiger partial charge < -0.3 is 9.47 Å². The van der Waals surface area contributed by atoms with Gasteiger partial charge in [0.15, 0.2) is 11.6 Å². The van der Waals surface area contributed by atoms with Gasteiger partial charge in [-0.2, -0.15) is 0 Å². The standard InChI is InChI=1S/C13H10F2O2/c1-16-10-3-2-4-11(8-10)17-13-6-5-9(14)7-12(13)15/h2-8H,1H3. The second-order valence-electron chi connectivity index (χ2n) is 3.36. The minimum absolute atomic E-state index is 0.0281. The molecule has 0 aliphatic carbocycles. The predicted molar refractivity (Wildman–Crippen MR) is 59.4 cm³/mol. The molecule has 88 valence electrons. The van der Waals surface area contributed by atoms with Crippen molar-refractivity contribution in [3.8, 4) is 17.2 Å². The average Bonchev–Trinajstić information content (AvgIpc) is 2.33. The fraction of sp³-hybridized carbons (Fsp3) is 0.0769. The molecule has 2 rings (SSSR count). The zero-order chi connectivity index (χ0) is 12.3. The van der Waals surface area contributed by atoms with Crippen molar-refractivity contribution in [1.29, 1.82) is 0 Å². The molecule has 2 aromatic carbocycles. The Balaban J connectivity index is 2.25. The lowest BCUT2D eigenvalue weighted by Crippen LogP contribution is -1.90. The van der Waals surface area contributed by atoms with E-state index in [0.29, 0.717) is 11.5 Å². The van der Waals surface area contributed by atoms with E-state index in [4.69, 9.17) is 9.47 Å². The predicted octanol–water partition coefficient (Wildman–Crippen LogP) is 3.77. The number of hydrogen-bond acceptors (Lipinski definition) is 2. The minimum Gasteiger partial charge on any atom is -0.497 e. The fourth-order valence-corrected chi connectivity index (χ4v) is 1.35. The van der Waals surface area contributed by atoms with Crippen LogP contribution in [0.25, 0.3) is 0 Å².